The molecule has 160 valence electrons. The van der Waals surface area contributed by atoms with Gasteiger partial charge in [-0.15, -0.1) is 0 Å². The molecule has 0 aliphatic carbocycles. The lowest BCUT2D eigenvalue weighted by Gasteiger charge is -2.22. The normalized spacial score (nSPS) is 20.0. The first kappa shape index (κ1) is 20.6. The first-order valence-corrected chi connectivity index (χ1v) is 10.2. The van der Waals surface area contributed by atoms with E-state index in [0.29, 0.717) is 23.7 Å². The number of hydrogen-bond acceptors (Lipinski definition) is 7. The maximum absolute atomic E-state index is 13.4. The highest BCUT2D eigenvalue weighted by molar-refractivity contribution is 6.47. The molecule has 1 saturated heterocycles. The molecule has 0 spiro atoms. The number of fused-ring (bicyclic) bond motifs is 1. The number of esters is 1. The molecular formula is C23H23N3O5. The number of amides is 2. The van der Waals surface area contributed by atoms with E-state index in [2.05, 4.69) is 5.10 Å². The summed E-state index contributed by atoms with van der Waals surface area (Å²) >= 11 is 0. The second-order valence-corrected chi connectivity index (χ2v) is 7.25. The fourth-order valence-corrected chi connectivity index (χ4v) is 3.81. The van der Waals surface area contributed by atoms with Crippen LogP contribution in [0.15, 0.2) is 53.6 Å². The Labute approximate surface area is 180 Å². The maximum atomic E-state index is 13.4. The van der Waals surface area contributed by atoms with Crippen molar-refractivity contribution >= 4 is 34.9 Å². The van der Waals surface area contributed by atoms with Crippen molar-refractivity contribution in [2.75, 3.05) is 23.1 Å². The molecular weight excluding hydrogens is 398 g/mol. The number of aryl methyl sites for hydroxylation is 1. The summed E-state index contributed by atoms with van der Waals surface area (Å²) in [6.07, 6.45) is 0. The number of ether oxygens (including phenoxy) is 2. The number of benzene rings is 2. The highest BCUT2D eigenvalue weighted by Gasteiger charge is 2.59. The fraction of sp³-hybridized carbons (Fsp3) is 0.304. The van der Waals surface area contributed by atoms with Gasteiger partial charge in [-0.3, -0.25) is 14.6 Å². The third kappa shape index (κ3) is 3.54. The molecule has 8 heteroatoms. The van der Waals surface area contributed by atoms with Crippen molar-refractivity contribution in [2.24, 2.45) is 11.0 Å². The number of carbonyl (C=O) groups is 3. The third-order valence-electron chi connectivity index (χ3n) is 5.24. The Morgan fingerprint density at radius 3 is 2.19 bits per heavy atom. The Balaban J connectivity index is 1.73. The van der Waals surface area contributed by atoms with Crippen LogP contribution >= 0.6 is 0 Å². The van der Waals surface area contributed by atoms with E-state index < -0.39 is 29.7 Å². The van der Waals surface area contributed by atoms with Crippen molar-refractivity contribution in [3.63, 3.8) is 0 Å². The molecule has 8 nitrogen and oxygen atoms in total. The van der Waals surface area contributed by atoms with E-state index in [4.69, 9.17) is 9.47 Å². The average molecular weight is 421 g/mol. The molecule has 2 amide bonds. The molecule has 4 rings (SSSR count). The Kier molecular flexibility index (Phi) is 5.46. The average Bonchev–Trinajstić information content (AvgIpc) is 3.27. The summed E-state index contributed by atoms with van der Waals surface area (Å²) in [5, 5.41) is 5.80. The van der Waals surface area contributed by atoms with Crippen molar-refractivity contribution in [1.29, 1.82) is 0 Å². The molecule has 2 heterocycles. The number of hydrogen-bond donors (Lipinski definition) is 0. The lowest BCUT2D eigenvalue weighted by atomic mass is 9.97. The maximum Gasteiger partial charge on any atom is 0.355 e. The minimum atomic E-state index is -1.03. The Hall–Kier alpha value is -3.68. The van der Waals surface area contributed by atoms with Crippen LogP contribution < -0.4 is 14.6 Å². The molecule has 2 aromatic carbocycles. The molecule has 1 fully saturated rings. The first-order chi connectivity index (χ1) is 15.0. The third-order valence-corrected chi connectivity index (χ3v) is 5.24. The Morgan fingerprint density at radius 2 is 1.58 bits per heavy atom. The lowest BCUT2D eigenvalue weighted by molar-refractivity contribution is -0.136. The van der Waals surface area contributed by atoms with Gasteiger partial charge in [0, 0.05) is 0 Å². The van der Waals surface area contributed by atoms with Crippen LogP contribution in [0.1, 0.15) is 19.4 Å². The molecule has 0 radical (unpaired) electrons. The molecule has 2 unspecified atom stereocenters. The van der Waals surface area contributed by atoms with Gasteiger partial charge >= 0.3 is 5.97 Å². The van der Waals surface area contributed by atoms with Crippen LogP contribution in [0.5, 0.6) is 5.75 Å². The summed E-state index contributed by atoms with van der Waals surface area (Å²) in [6.45, 7) is 6.15. The van der Waals surface area contributed by atoms with Gasteiger partial charge in [0.1, 0.15) is 17.7 Å². The van der Waals surface area contributed by atoms with Crippen molar-refractivity contribution in [2.45, 2.75) is 26.8 Å². The standard InChI is InChI=1S/C23H23N3O5/c1-4-30-17-12-10-15(11-13-17)25-21(27)18-19(23(29)31-5-2)24-26(20(18)22(25)28)16-8-6-14(3)7-9-16/h6-13,18,20H,4-5H2,1-3H3. The quantitative estimate of drug-likeness (QED) is 0.526. The van der Waals surface area contributed by atoms with E-state index in [0.717, 1.165) is 10.5 Å². The largest absolute Gasteiger partial charge is 0.494 e. The molecule has 2 aromatic rings. The van der Waals surface area contributed by atoms with Crippen LogP contribution in [0.4, 0.5) is 11.4 Å². The summed E-state index contributed by atoms with van der Waals surface area (Å²) in [5.41, 5.74) is 2.02. The van der Waals surface area contributed by atoms with E-state index >= 15 is 0 Å². The molecule has 0 saturated carbocycles. The van der Waals surface area contributed by atoms with Gasteiger partial charge in [-0.05, 0) is 57.2 Å². The van der Waals surface area contributed by atoms with Gasteiger partial charge in [-0.25, -0.2) is 9.69 Å². The highest BCUT2D eigenvalue weighted by atomic mass is 16.5. The van der Waals surface area contributed by atoms with Crippen molar-refractivity contribution in [1.82, 2.24) is 0 Å². The molecule has 2 atom stereocenters. The molecule has 0 bridgehead atoms. The second kappa shape index (κ2) is 8.22. The van der Waals surface area contributed by atoms with E-state index in [1.54, 1.807) is 43.3 Å². The van der Waals surface area contributed by atoms with Crippen molar-refractivity contribution < 1.29 is 23.9 Å². The summed E-state index contributed by atoms with van der Waals surface area (Å²) < 4.78 is 10.5. The monoisotopic (exact) mass is 421 g/mol. The second-order valence-electron chi connectivity index (χ2n) is 7.25. The summed E-state index contributed by atoms with van der Waals surface area (Å²) in [7, 11) is 0. The molecule has 2 aliphatic heterocycles. The number of rotatable bonds is 6. The molecule has 0 N–H and O–H groups in total. The predicted molar refractivity (Wildman–Crippen MR) is 115 cm³/mol. The van der Waals surface area contributed by atoms with Crippen LogP contribution in [0.3, 0.4) is 0 Å². The lowest BCUT2D eigenvalue weighted by Crippen LogP contribution is -2.39. The summed E-state index contributed by atoms with van der Waals surface area (Å²) in [5.74, 6) is -2.02. The molecule has 31 heavy (non-hydrogen) atoms. The van der Waals surface area contributed by atoms with Gasteiger partial charge in [0.15, 0.2) is 5.71 Å². The number of carbonyl (C=O) groups excluding carboxylic acids is 3. The zero-order valence-corrected chi connectivity index (χ0v) is 17.6. The van der Waals surface area contributed by atoms with Gasteiger partial charge in [0.25, 0.3) is 5.91 Å². The number of hydrazone groups is 1. The van der Waals surface area contributed by atoms with E-state index in [-0.39, 0.29) is 12.3 Å². The van der Waals surface area contributed by atoms with Crippen LogP contribution in [0.25, 0.3) is 0 Å². The van der Waals surface area contributed by atoms with Crippen molar-refractivity contribution in [3.05, 3.63) is 54.1 Å². The van der Waals surface area contributed by atoms with E-state index in [9.17, 15) is 14.4 Å². The van der Waals surface area contributed by atoms with Gasteiger partial charge < -0.3 is 9.47 Å². The zero-order valence-electron chi connectivity index (χ0n) is 17.6. The van der Waals surface area contributed by atoms with Crippen LogP contribution in [-0.4, -0.2) is 42.8 Å². The van der Waals surface area contributed by atoms with Gasteiger partial charge in [-0.1, -0.05) is 17.7 Å². The molecule has 2 aliphatic rings. The first-order valence-electron chi connectivity index (χ1n) is 10.2. The van der Waals surface area contributed by atoms with Crippen LogP contribution in [0, 0.1) is 12.8 Å². The SMILES string of the molecule is CCOC(=O)C1=NN(c2ccc(C)cc2)C2C(=O)N(c3ccc(OCC)cc3)C(=O)C12. The number of anilines is 2. The Bertz CT molecular complexity index is 1050. The fourth-order valence-electron chi connectivity index (χ4n) is 3.81. The zero-order chi connectivity index (χ0) is 22.1. The van der Waals surface area contributed by atoms with Gasteiger partial charge in [0.2, 0.25) is 5.91 Å². The van der Waals surface area contributed by atoms with Gasteiger partial charge in [0.05, 0.1) is 24.6 Å². The predicted octanol–water partition coefficient (Wildman–Crippen LogP) is 2.69. The molecule has 0 aromatic heterocycles. The summed E-state index contributed by atoms with van der Waals surface area (Å²) in [6, 6.07) is 13.1. The smallest absolute Gasteiger partial charge is 0.355 e. The highest BCUT2D eigenvalue weighted by Crippen LogP contribution is 2.38. The summed E-state index contributed by atoms with van der Waals surface area (Å²) in [4.78, 5) is 40.4. The number of nitrogens with zero attached hydrogens (tertiary/aromatic N) is 3. The minimum Gasteiger partial charge on any atom is -0.494 e. The van der Waals surface area contributed by atoms with E-state index in [1.807, 2.05) is 26.0 Å². The minimum absolute atomic E-state index is 0.0563. The van der Waals surface area contributed by atoms with Crippen LogP contribution in [0.2, 0.25) is 0 Å². The Morgan fingerprint density at radius 1 is 0.935 bits per heavy atom. The van der Waals surface area contributed by atoms with Crippen molar-refractivity contribution in [3.8, 4) is 5.75 Å². The van der Waals surface area contributed by atoms with E-state index in [1.165, 1.54) is 5.01 Å². The van der Waals surface area contributed by atoms with Gasteiger partial charge in [-0.2, -0.15) is 5.10 Å². The van der Waals surface area contributed by atoms with Crippen LogP contribution in [-0.2, 0) is 19.1 Å². The topological polar surface area (TPSA) is 88.5 Å². The number of imide groups is 1.